The van der Waals surface area contributed by atoms with Crippen molar-refractivity contribution in [2.24, 2.45) is 11.3 Å². The summed E-state index contributed by atoms with van der Waals surface area (Å²) in [4.78, 5) is 43.9. The van der Waals surface area contributed by atoms with Crippen LogP contribution in [0.2, 0.25) is 0 Å². The van der Waals surface area contributed by atoms with E-state index in [1.807, 2.05) is 6.92 Å². The van der Waals surface area contributed by atoms with E-state index in [9.17, 15) is 28.7 Å². The minimum atomic E-state index is -4.88. The van der Waals surface area contributed by atoms with Crippen molar-refractivity contribution in [1.29, 1.82) is 0 Å². The SMILES string of the molecule is CC(CCN(CP(=O)([O-])[O-])CP(=O)([O-])[O-])CC(C)(C)C.[K+].[K+].[K+].[K+]. The summed E-state index contributed by atoms with van der Waals surface area (Å²) >= 11 is 0. The zero-order valence-electron chi connectivity index (χ0n) is 16.4. The van der Waals surface area contributed by atoms with Crippen LogP contribution in [0.1, 0.15) is 40.5 Å². The second-order valence-electron chi connectivity index (χ2n) is 6.56. The van der Waals surface area contributed by atoms with Crippen molar-refractivity contribution in [3.63, 3.8) is 0 Å². The van der Waals surface area contributed by atoms with E-state index in [4.69, 9.17) is 0 Å². The Hall–Kier alpha value is 6.81. The van der Waals surface area contributed by atoms with Crippen LogP contribution in [-0.4, -0.2) is 24.0 Å². The number of hydrogen-bond acceptors (Lipinski definition) is 7. The Morgan fingerprint density at radius 3 is 1.46 bits per heavy atom. The molecule has 0 aliphatic heterocycles. The van der Waals surface area contributed by atoms with Crippen LogP contribution >= 0.6 is 15.2 Å². The van der Waals surface area contributed by atoms with Gasteiger partial charge >= 0.3 is 206 Å². The summed E-state index contributed by atoms with van der Waals surface area (Å²) < 4.78 is 21.5. The van der Waals surface area contributed by atoms with E-state index < -0.39 is 27.8 Å². The van der Waals surface area contributed by atoms with Gasteiger partial charge in [-0.1, -0.05) is 42.9 Å². The first kappa shape index (κ1) is 41.1. The molecule has 1 unspecified atom stereocenters. The third kappa shape index (κ3) is 31.0. The molecule has 0 N–H and O–H groups in total. The normalized spacial score (nSPS) is 13.0. The maximum atomic E-state index is 10.7. The smallest absolute Gasteiger partial charge is 0.810 e. The summed E-state index contributed by atoms with van der Waals surface area (Å²) in [6, 6.07) is 0. The molecule has 7 nitrogen and oxygen atoms in total. The molecule has 0 saturated heterocycles. The van der Waals surface area contributed by atoms with Gasteiger partial charge in [-0.15, -0.1) is 0 Å². The summed E-state index contributed by atoms with van der Waals surface area (Å²) in [5.74, 6) is 0.230. The Morgan fingerprint density at radius 1 is 0.875 bits per heavy atom. The van der Waals surface area contributed by atoms with Crippen molar-refractivity contribution in [2.75, 3.05) is 19.1 Å². The second-order valence-corrected chi connectivity index (χ2v) is 9.57. The van der Waals surface area contributed by atoms with Crippen molar-refractivity contribution in [3.05, 3.63) is 0 Å². The predicted molar refractivity (Wildman–Crippen MR) is 69.5 cm³/mol. The summed E-state index contributed by atoms with van der Waals surface area (Å²) in [6.07, 6.45) is -0.454. The van der Waals surface area contributed by atoms with Gasteiger partial charge in [-0.05, 0) is 30.7 Å². The maximum absolute atomic E-state index is 10.7. The van der Waals surface area contributed by atoms with Crippen molar-refractivity contribution in [1.82, 2.24) is 4.90 Å². The zero-order chi connectivity index (χ0) is 16.2. The summed E-state index contributed by atoms with van der Waals surface area (Å²) in [5.41, 5.74) is 0.100. The Balaban J connectivity index is -0.000000301. The Bertz CT molecular complexity index is 374. The third-order valence-electron chi connectivity index (χ3n) is 2.65. The summed E-state index contributed by atoms with van der Waals surface area (Å²) in [7, 11) is -9.76. The third-order valence-corrected chi connectivity index (χ3v) is 4.14. The molecule has 0 radical (unpaired) electrons. The molecular weight excluding hydrogens is 460 g/mol. The van der Waals surface area contributed by atoms with Gasteiger partial charge in [0.25, 0.3) is 0 Å². The van der Waals surface area contributed by atoms with Gasteiger partial charge in [-0.25, -0.2) is 0 Å². The fourth-order valence-corrected chi connectivity index (χ4v) is 3.85. The minimum absolute atomic E-state index is 0. The van der Waals surface area contributed by atoms with Crippen LogP contribution in [0.4, 0.5) is 0 Å². The first-order valence-electron chi connectivity index (χ1n) is 6.42. The van der Waals surface area contributed by atoms with E-state index in [0.717, 1.165) is 11.3 Å². The van der Waals surface area contributed by atoms with Crippen LogP contribution in [0.5, 0.6) is 0 Å². The summed E-state index contributed by atoms with van der Waals surface area (Å²) in [6.45, 7) is 8.25. The average molecular weight is 484 g/mol. The van der Waals surface area contributed by atoms with Gasteiger partial charge in [-0.2, -0.15) is 0 Å². The van der Waals surface area contributed by atoms with E-state index in [-0.39, 0.29) is 223 Å². The Morgan fingerprint density at radius 2 is 1.21 bits per heavy atom. The van der Waals surface area contributed by atoms with Crippen molar-refractivity contribution < 1.29 is 234 Å². The molecular formula is C11H23K4NO6P2. The number of rotatable bonds is 8. The quantitative estimate of drug-likeness (QED) is 0.248. The maximum Gasteiger partial charge on any atom is 1.00 e. The predicted octanol–water partition coefficient (Wildman–Crippen LogP) is -12.5. The molecule has 122 valence electrons. The van der Waals surface area contributed by atoms with Gasteiger partial charge in [-0.3, -0.25) is 4.90 Å². The molecule has 1 atom stereocenters. The molecule has 0 aliphatic carbocycles. The van der Waals surface area contributed by atoms with Crippen LogP contribution in [0.25, 0.3) is 0 Å². The number of nitrogens with zero attached hydrogens (tertiary/aromatic N) is 1. The molecule has 0 saturated carbocycles. The topological polar surface area (TPSA) is 130 Å². The van der Waals surface area contributed by atoms with Gasteiger partial charge in [0.1, 0.15) is 0 Å². The Kier molecular flexibility index (Phi) is 33.0. The molecule has 0 rings (SSSR count). The van der Waals surface area contributed by atoms with Crippen LogP contribution in [0.15, 0.2) is 0 Å². The van der Waals surface area contributed by atoms with Crippen molar-refractivity contribution in [2.45, 2.75) is 40.5 Å². The minimum Gasteiger partial charge on any atom is -0.810 e. The molecule has 0 heterocycles. The largest absolute Gasteiger partial charge is 1.00 e. The van der Waals surface area contributed by atoms with Gasteiger partial charge < -0.3 is 28.7 Å². The van der Waals surface area contributed by atoms with E-state index in [1.54, 1.807) is 0 Å². The number of hydrogen-bond donors (Lipinski definition) is 0. The molecule has 0 spiro atoms. The monoisotopic (exact) mass is 483 g/mol. The van der Waals surface area contributed by atoms with Crippen molar-refractivity contribution in [3.8, 4) is 0 Å². The van der Waals surface area contributed by atoms with E-state index in [2.05, 4.69) is 20.8 Å². The molecule has 13 heteroatoms. The van der Waals surface area contributed by atoms with Crippen LogP contribution in [0, 0.1) is 11.3 Å². The van der Waals surface area contributed by atoms with Gasteiger partial charge in [0.05, 0.1) is 0 Å². The molecule has 0 amide bonds. The Labute approximate surface area is 316 Å². The first-order valence-corrected chi connectivity index (χ1v) is 9.88. The molecule has 0 aliphatic rings. The van der Waals surface area contributed by atoms with Crippen molar-refractivity contribution >= 4 is 15.2 Å². The van der Waals surface area contributed by atoms with E-state index in [1.165, 1.54) is 0 Å². The van der Waals surface area contributed by atoms with Crippen LogP contribution < -0.4 is 225 Å². The molecule has 0 aromatic carbocycles. The molecule has 24 heavy (non-hydrogen) atoms. The zero-order valence-corrected chi connectivity index (χ0v) is 30.7. The fraction of sp³-hybridized carbons (Fsp3) is 1.00. The van der Waals surface area contributed by atoms with Gasteiger partial charge in [0.15, 0.2) is 0 Å². The fourth-order valence-electron chi connectivity index (χ4n) is 2.23. The van der Waals surface area contributed by atoms with Gasteiger partial charge in [0.2, 0.25) is 0 Å². The standard InChI is InChI=1S/C11H27NO6P2.4K/c1-10(7-11(2,3)4)5-6-12(8-19(13,14)15)9-20(16,17)18;;;;/h10H,5-9H2,1-4H3,(H2,13,14,15)(H2,16,17,18);;;;/q;4*+1/p-4. The summed E-state index contributed by atoms with van der Waals surface area (Å²) in [5, 5.41) is 0. The second kappa shape index (κ2) is 19.3. The molecule has 0 aromatic rings. The van der Waals surface area contributed by atoms with Crippen LogP contribution in [0.3, 0.4) is 0 Å². The van der Waals surface area contributed by atoms with E-state index >= 15 is 0 Å². The van der Waals surface area contributed by atoms with Gasteiger partial charge in [0, 0.05) is 12.6 Å². The van der Waals surface area contributed by atoms with E-state index in [0.29, 0.717) is 6.42 Å². The molecule has 0 bridgehead atoms. The first-order chi connectivity index (χ1) is 8.68. The molecule has 0 fully saturated rings. The average Bonchev–Trinajstić information content (AvgIpc) is 2.06. The van der Waals surface area contributed by atoms with Crippen LogP contribution in [-0.2, 0) is 9.13 Å². The molecule has 0 aromatic heterocycles.